The van der Waals surface area contributed by atoms with Gasteiger partial charge in [-0.3, -0.25) is 0 Å². The van der Waals surface area contributed by atoms with Crippen molar-refractivity contribution in [2.75, 3.05) is 5.73 Å². The molecule has 2 N–H and O–H groups in total. The molecule has 0 spiro atoms. The number of hydrogen-bond donors (Lipinski definition) is 1. The summed E-state index contributed by atoms with van der Waals surface area (Å²) in [6.07, 6.45) is 0. The summed E-state index contributed by atoms with van der Waals surface area (Å²) < 4.78 is 20.0. The Morgan fingerprint density at radius 3 is 2.68 bits per heavy atom. The Morgan fingerprint density at radius 2 is 2.00 bits per heavy atom. The maximum absolute atomic E-state index is 13.4. The van der Waals surface area contributed by atoms with Crippen molar-refractivity contribution >= 4 is 49.1 Å². The second-order valence-corrected chi connectivity index (χ2v) is 5.89. The molecular formula is C13H9Br2ClFNO. The van der Waals surface area contributed by atoms with Gasteiger partial charge in [0.25, 0.3) is 0 Å². The first-order chi connectivity index (χ1) is 8.99. The highest BCUT2D eigenvalue weighted by atomic mass is 79.9. The van der Waals surface area contributed by atoms with Gasteiger partial charge in [-0.2, -0.15) is 0 Å². The van der Waals surface area contributed by atoms with Gasteiger partial charge in [0.15, 0.2) is 5.75 Å². The third-order valence-electron chi connectivity index (χ3n) is 2.44. The highest BCUT2D eigenvalue weighted by Crippen LogP contribution is 2.35. The normalized spacial score (nSPS) is 10.5. The van der Waals surface area contributed by atoms with E-state index in [1.807, 2.05) is 0 Å². The van der Waals surface area contributed by atoms with Gasteiger partial charge < -0.3 is 10.5 Å². The maximum atomic E-state index is 13.4. The van der Waals surface area contributed by atoms with Gasteiger partial charge >= 0.3 is 0 Å². The van der Waals surface area contributed by atoms with Crippen LogP contribution in [0, 0.1) is 5.82 Å². The lowest BCUT2D eigenvalue weighted by Crippen LogP contribution is -2.01. The van der Waals surface area contributed by atoms with E-state index in [4.69, 9.17) is 22.1 Å². The van der Waals surface area contributed by atoms with Gasteiger partial charge in [-0.15, -0.1) is 0 Å². The summed E-state index contributed by atoms with van der Waals surface area (Å²) in [5, 5.41) is 0.517. The molecule has 0 saturated carbocycles. The Labute approximate surface area is 132 Å². The van der Waals surface area contributed by atoms with Crippen molar-refractivity contribution in [1.29, 1.82) is 0 Å². The molecule has 0 saturated heterocycles. The summed E-state index contributed by atoms with van der Waals surface area (Å²) >= 11 is 12.4. The molecule has 0 aliphatic rings. The fourth-order valence-electron chi connectivity index (χ4n) is 1.54. The first kappa shape index (κ1) is 14.6. The van der Waals surface area contributed by atoms with Crippen LogP contribution in [0.3, 0.4) is 0 Å². The Kier molecular flexibility index (Phi) is 4.71. The van der Waals surface area contributed by atoms with Crippen molar-refractivity contribution in [1.82, 2.24) is 0 Å². The predicted molar refractivity (Wildman–Crippen MR) is 82.0 cm³/mol. The molecule has 2 nitrogen and oxygen atoms in total. The molecule has 0 aliphatic heterocycles. The molecular weight excluding hydrogens is 400 g/mol. The van der Waals surface area contributed by atoms with Crippen LogP contribution < -0.4 is 10.5 Å². The third kappa shape index (κ3) is 3.41. The average Bonchev–Trinajstić information content (AvgIpc) is 2.33. The average molecular weight is 409 g/mol. The summed E-state index contributed by atoms with van der Waals surface area (Å²) in [5.74, 6) is 0.157. The summed E-state index contributed by atoms with van der Waals surface area (Å²) in [6.45, 7) is 0.197. The Hall–Kier alpha value is -0.780. The fraction of sp³-hybridized carbons (Fsp3) is 0.0769. The second-order valence-electron chi connectivity index (χ2n) is 3.81. The molecule has 2 aromatic carbocycles. The number of benzene rings is 2. The molecule has 0 aromatic heterocycles. The van der Waals surface area contributed by atoms with Gasteiger partial charge in [0.05, 0.1) is 14.6 Å². The molecule has 100 valence electrons. The van der Waals surface area contributed by atoms with Gasteiger partial charge in [0.2, 0.25) is 0 Å². The van der Waals surface area contributed by atoms with Gasteiger partial charge in [0, 0.05) is 10.6 Å². The van der Waals surface area contributed by atoms with Crippen molar-refractivity contribution in [2.45, 2.75) is 6.61 Å². The molecule has 2 rings (SSSR count). The number of halogens is 4. The number of nitrogen functional groups attached to an aromatic ring is 1. The second kappa shape index (κ2) is 6.11. The zero-order valence-corrected chi connectivity index (χ0v) is 13.5. The molecule has 0 bridgehead atoms. The Balaban J connectivity index is 2.22. The van der Waals surface area contributed by atoms with Crippen LogP contribution in [0.4, 0.5) is 10.1 Å². The van der Waals surface area contributed by atoms with Crippen LogP contribution in [0.15, 0.2) is 39.3 Å². The third-order valence-corrected chi connectivity index (χ3v) is 4.14. The summed E-state index contributed by atoms with van der Waals surface area (Å²) in [5.41, 5.74) is 6.95. The number of nitrogens with two attached hydrogens (primary N) is 1. The monoisotopic (exact) mass is 407 g/mol. The predicted octanol–water partition coefficient (Wildman–Crippen LogP) is 5.17. The van der Waals surface area contributed by atoms with E-state index < -0.39 is 0 Å². The van der Waals surface area contributed by atoms with Crippen molar-refractivity contribution < 1.29 is 9.13 Å². The first-order valence-corrected chi connectivity index (χ1v) is 7.25. The number of ether oxygens (including phenoxy) is 1. The molecule has 0 unspecified atom stereocenters. The summed E-state index contributed by atoms with van der Waals surface area (Å²) in [6, 6.07) is 8.06. The van der Waals surface area contributed by atoms with E-state index >= 15 is 0 Å². The largest absolute Gasteiger partial charge is 0.486 e. The highest BCUT2D eigenvalue weighted by Gasteiger charge is 2.10. The van der Waals surface area contributed by atoms with Crippen LogP contribution in [-0.4, -0.2) is 0 Å². The number of rotatable bonds is 3. The standard InChI is InChI=1S/C13H9Br2ClFNO/c14-9-4-8(16)5-11(18)13(9)19-6-7-2-1-3-10(17)12(7)15/h1-5H,6,18H2. The number of hydrogen-bond acceptors (Lipinski definition) is 2. The van der Waals surface area contributed by atoms with E-state index in [0.717, 1.165) is 0 Å². The van der Waals surface area contributed by atoms with E-state index in [1.54, 1.807) is 24.3 Å². The lowest BCUT2D eigenvalue weighted by atomic mass is 10.2. The van der Waals surface area contributed by atoms with Gasteiger partial charge in [-0.1, -0.05) is 23.7 Å². The Morgan fingerprint density at radius 1 is 1.26 bits per heavy atom. The van der Waals surface area contributed by atoms with Crippen molar-refractivity contribution in [3.8, 4) is 5.75 Å². The van der Waals surface area contributed by atoms with Gasteiger partial charge in [-0.25, -0.2) is 4.39 Å². The lowest BCUT2D eigenvalue weighted by Gasteiger charge is -2.12. The zero-order chi connectivity index (χ0) is 14.0. The number of anilines is 1. The van der Waals surface area contributed by atoms with Gasteiger partial charge in [0.1, 0.15) is 12.4 Å². The van der Waals surface area contributed by atoms with Crippen molar-refractivity contribution in [2.24, 2.45) is 0 Å². The fourth-order valence-corrected chi connectivity index (χ4v) is 2.87. The minimum atomic E-state index is -0.329. The lowest BCUT2D eigenvalue weighted by molar-refractivity contribution is 0.304. The van der Waals surface area contributed by atoms with Crippen molar-refractivity contribution in [3.05, 3.63) is 55.7 Å². The van der Waals surface area contributed by atoms with E-state index in [0.29, 0.717) is 31.0 Å². The maximum Gasteiger partial charge on any atom is 0.156 e. The van der Waals surface area contributed by atoms with Crippen LogP contribution in [0.5, 0.6) is 5.75 Å². The van der Waals surface area contributed by atoms with E-state index in [-0.39, 0.29) is 12.4 Å². The molecule has 0 fully saturated rings. The van der Waals surface area contributed by atoms with Crippen LogP contribution in [-0.2, 0) is 6.61 Å². The SMILES string of the molecule is Nc1cc(Cl)cc(Br)c1OCc1cccc(F)c1Br. The van der Waals surface area contributed by atoms with Crippen LogP contribution in [0.1, 0.15) is 5.56 Å². The quantitative estimate of drug-likeness (QED) is 0.711. The van der Waals surface area contributed by atoms with E-state index in [2.05, 4.69) is 31.9 Å². The molecule has 0 aliphatic carbocycles. The molecule has 6 heteroatoms. The minimum Gasteiger partial charge on any atom is -0.486 e. The van der Waals surface area contributed by atoms with E-state index in [9.17, 15) is 4.39 Å². The Bertz CT molecular complexity index is 599. The molecule has 2 aromatic rings. The molecule has 0 radical (unpaired) electrons. The molecule has 0 amide bonds. The minimum absolute atomic E-state index is 0.197. The smallest absolute Gasteiger partial charge is 0.156 e. The highest BCUT2D eigenvalue weighted by molar-refractivity contribution is 9.10. The van der Waals surface area contributed by atoms with Crippen LogP contribution in [0.25, 0.3) is 0 Å². The topological polar surface area (TPSA) is 35.2 Å². The van der Waals surface area contributed by atoms with E-state index in [1.165, 1.54) is 6.07 Å². The van der Waals surface area contributed by atoms with Crippen molar-refractivity contribution in [3.63, 3.8) is 0 Å². The zero-order valence-electron chi connectivity index (χ0n) is 9.59. The van der Waals surface area contributed by atoms with Crippen LogP contribution >= 0.6 is 43.5 Å². The first-order valence-electron chi connectivity index (χ1n) is 5.29. The molecule has 0 heterocycles. The van der Waals surface area contributed by atoms with Gasteiger partial charge in [-0.05, 0) is 50.1 Å². The molecule has 19 heavy (non-hydrogen) atoms. The molecule has 0 atom stereocenters. The summed E-state index contributed by atoms with van der Waals surface area (Å²) in [4.78, 5) is 0. The summed E-state index contributed by atoms with van der Waals surface area (Å²) in [7, 11) is 0. The van der Waals surface area contributed by atoms with Crippen LogP contribution in [0.2, 0.25) is 5.02 Å².